The van der Waals surface area contributed by atoms with Crippen molar-refractivity contribution in [3.05, 3.63) is 41.2 Å². The number of hydrogen-bond acceptors (Lipinski definition) is 3. The van der Waals surface area contributed by atoms with Gasteiger partial charge >= 0.3 is 0 Å². The third-order valence-electron chi connectivity index (χ3n) is 3.63. The summed E-state index contributed by atoms with van der Waals surface area (Å²) in [6, 6.07) is 6.37. The van der Waals surface area contributed by atoms with Gasteiger partial charge in [-0.2, -0.15) is 0 Å². The van der Waals surface area contributed by atoms with Gasteiger partial charge < -0.3 is 5.32 Å². The molecule has 0 atom stereocenters. The molecule has 0 spiro atoms. The van der Waals surface area contributed by atoms with Crippen molar-refractivity contribution in [1.29, 1.82) is 0 Å². The highest BCUT2D eigenvalue weighted by Crippen LogP contribution is 2.12. The molecule has 0 saturated carbocycles. The highest BCUT2D eigenvalue weighted by molar-refractivity contribution is 5.12. The van der Waals surface area contributed by atoms with Crippen LogP contribution in [0.25, 0.3) is 0 Å². The molecule has 1 aliphatic rings. The van der Waals surface area contributed by atoms with Gasteiger partial charge in [0, 0.05) is 26.2 Å². The first-order valence-corrected chi connectivity index (χ1v) is 7.67. The van der Waals surface area contributed by atoms with Gasteiger partial charge in [0.2, 0.25) is 0 Å². The Kier molecular flexibility index (Phi) is 5.74. The molecule has 1 aliphatic heterocycles. The Balaban J connectivity index is 1.86. The second-order valence-corrected chi connectivity index (χ2v) is 6.18. The predicted octanol–water partition coefficient (Wildman–Crippen LogP) is 2.98. The zero-order valence-electron chi connectivity index (χ0n) is 13.0. The molecule has 3 heteroatoms. The summed E-state index contributed by atoms with van der Waals surface area (Å²) in [5.74, 6) is 0.682. The Morgan fingerprint density at radius 1 is 1.30 bits per heavy atom. The van der Waals surface area contributed by atoms with Crippen LogP contribution in [0.15, 0.2) is 29.8 Å². The third kappa shape index (κ3) is 5.06. The molecule has 0 aliphatic carbocycles. The summed E-state index contributed by atoms with van der Waals surface area (Å²) in [5, 5.41) is 3.45. The van der Waals surface area contributed by atoms with Crippen LogP contribution in [0.5, 0.6) is 0 Å². The minimum atomic E-state index is 0.682. The molecule has 0 saturated heterocycles. The fourth-order valence-corrected chi connectivity index (χ4v) is 2.39. The number of pyridine rings is 1. The minimum absolute atomic E-state index is 0.682. The summed E-state index contributed by atoms with van der Waals surface area (Å²) >= 11 is 0. The summed E-state index contributed by atoms with van der Waals surface area (Å²) in [6.45, 7) is 11.8. The molecule has 2 rings (SSSR count). The van der Waals surface area contributed by atoms with E-state index in [1.807, 2.05) is 0 Å². The second-order valence-electron chi connectivity index (χ2n) is 6.18. The van der Waals surface area contributed by atoms with Gasteiger partial charge in [0.25, 0.3) is 0 Å². The van der Waals surface area contributed by atoms with Gasteiger partial charge in [0.15, 0.2) is 0 Å². The van der Waals surface area contributed by atoms with Crippen molar-refractivity contribution in [3.8, 4) is 0 Å². The van der Waals surface area contributed by atoms with Crippen LogP contribution >= 0.6 is 0 Å². The van der Waals surface area contributed by atoms with Crippen molar-refractivity contribution in [3.63, 3.8) is 0 Å². The Bertz CT molecular complexity index is 451. The average molecular weight is 273 g/mol. The summed E-state index contributed by atoms with van der Waals surface area (Å²) in [6.07, 6.45) is 3.52. The van der Waals surface area contributed by atoms with E-state index in [1.165, 1.54) is 17.7 Å². The predicted molar refractivity (Wildman–Crippen MR) is 84.4 cm³/mol. The van der Waals surface area contributed by atoms with E-state index in [1.54, 1.807) is 0 Å². The lowest BCUT2D eigenvalue weighted by Crippen LogP contribution is -2.28. The molecular formula is C17H27N3. The van der Waals surface area contributed by atoms with Gasteiger partial charge in [-0.05, 0) is 37.9 Å². The van der Waals surface area contributed by atoms with Crippen LogP contribution in [0.2, 0.25) is 0 Å². The maximum absolute atomic E-state index is 4.76. The quantitative estimate of drug-likeness (QED) is 0.808. The number of nitrogens with one attached hydrogen (secondary N) is 1. The van der Waals surface area contributed by atoms with Crippen molar-refractivity contribution in [2.24, 2.45) is 5.92 Å². The monoisotopic (exact) mass is 273 g/mol. The maximum atomic E-state index is 4.76. The van der Waals surface area contributed by atoms with Crippen LogP contribution in [0, 0.1) is 5.92 Å². The maximum Gasteiger partial charge on any atom is 0.0547 e. The van der Waals surface area contributed by atoms with Crippen molar-refractivity contribution < 1.29 is 0 Å². The first kappa shape index (κ1) is 15.2. The molecule has 0 bridgehead atoms. The summed E-state index contributed by atoms with van der Waals surface area (Å²) in [7, 11) is 0. The summed E-state index contributed by atoms with van der Waals surface area (Å²) in [5.41, 5.74) is 3.84. The molecular weight excluding hydrogens is 246 g/mol. The van der Waals surface area contributed by atoms with Gasteiger partial charge in [0.05, 0.1) is 11.4 Å². The molecule has 3 nitrogen and oxygen atoms in total. The minimum Gasteiger partial charge on any atom is -0.311 e. The van der Waals surface area contributed by atoms with Crippen LogP contribution in [-0.2, 0) is 13.1 Å². The van der Waals surface area contributed by atoms with Crippen molar-refractivity contribution in [2.75, 3.05) is 19.6 Å². The Morgan fingerprint density at radius 2 is 2.10 bits per heavy atom. The zero-order valence-corrected chi connectivity index (χ0v) is 13.0. The normalized spacial score (nSPS) is 16.5. The molecule has 0 aromatic carbocycles. The Hall–Kier alpha value is -1.19. The highest BCUT2D eigenvalue weighted by Gasteiger charge is 2.10. The molecule has 0 amide bonds. The van der Waals surface area contributed by atoms with Crippen LogP contribution in [0.3, 0.4) is 0 Å². The molecule has 0 unspecified atom stereocenters. The summed E-state index contributed by atoms with van der Waals surface area (Å²) < 4.78 is 0. The van der Waals surface area contributed by atoms with E-state index in [4.69, 9.17) is 4.98 Å². The summed E-state index contributed by atoms with van der Waals surface area (Å²) in [4.78, 5) is 7.22. The van der Waals surface area contributed by atoms with Crippen LogP contribution in [-0.4, -0.2) is 29.5 Å². The SMILES string of the molecule is CC1=CCN(Cc2cccc(CNCC(C)C)n2)CC1. The van der Waals surface area contributed by atoms with E-state index in [9.17, 15) is 0 Å². The molecule has 110 valence electrons. The third-order valence-corrected chi connectivity index (χ3v) is 3.63. The van der Waals surface area contributed by atoms with E-state index >= 15 is 0 Å². The molecule has 20 heavy (non-hydrogen) atoms. The van der Waals surface area contributed by atoms with Gasteiger partial charge in [-0.3, -0.25) is 9.88 Å². The Morgan fingerprint density at radius 3 is 2.80 bits per heavy atom. The molecule has 1 aromatic rings. The first-order valence-electron chi connectivity index (χ1n) is 7.67. The topological polar surface area (TPSA) is 28.2 Å². The van der Waals surface area contributed by atoms with Gasteiger partial charge in [-0.15, -0.1) is 0 Å². The lowest BCUT2D eigenvalue weighted by atomic mass is 10.1. The van der Waals surface area contributed by atoms with Crippen LogP contribution in [0.1, 0.15) is 38.6 Å². The van der Waals surface area contributed by atoms with E-state index in [0.717, 1.165) is 38.4 Å². The first-order chi connectivity index (χ1) is 9.63. The van der Waals surface area contributed by atoms with E-state index in [-0.39, 0.29) is 0 Å². The van der Waals surface area contributed by atoms with Gasteiger partial charge in [0.1, 0.15) is 0 Å². The average Bonchev–Trinajstić information content (AvgIpc) is 2.41. The molecule has 1 aromatic heterocycles. The van der Waals surface area contributed by atoms with Gasteiger partial charge in [-0.25, -0.2) is 0 Å². The number of aromatic nitrogens is 1. The molecule has 0 fully saturated rings. The van der Waals surface area contributed by atoms with E-state index < -0.39 is 0 Å². The fraction of sp³-hybridized carbons (Fsp3) is 0.588. The molecule has 1 N–H and O–H groups in total. The standard InChI is InChI=1S/C17H27N3/c1-14(2)11-18-12-16-5-4-6-17(19-16)13-20-9-7-15(3)8-10-20/h4-7,14,18H,8-13H2,1-3H3. The Labute approximate surface area is 123 Å². The fourth-order valence-electron chi connectivity index (χ4n) is 2.39. The number of nitrogens with zero attached hydrogens (tertiary/aromatic N) is 2. The van der Waals surface area contributed by atoms with Crippen molar-refractivity contribution >= 4 is 0 Å². The van der Waals surface area contributed by atoms with Crippen LogP contribution < -0.4 is 5.32 Å². The van der Waals surface area contributed by atoms with Crippen molar-refractivity contribution in [1.82, 2.24) is 15.2 Å². The number of rotatable bonds is 6. The van der Waals surface area contributed by atoms with E-state index in [2.05, 4.69) is 55.3 Å². The van der Waals surface area contributed by atoms with Gasteiger partial charge in [-0.1, -0.05) is 31.6 Å². The smallest absolute Gasteiger partial charge is 0.0547 e. The lowest BCUT2D eigenvalue weighted by Gasteiger charge is -2.24. The lowest BCUT2D eigenvalue weighted by molar-refractivity contribution is 0.282. The van der Waals surface area contributed by atoms with Crippen molar-refractivity contribution in [2.45, 2.75) is 40.3 Å². The van der Waals surface area contributed by atoms with E-state index in [0.29, 0.717) is 5.92 Å². The molecule has 0 radical (unpaired) electrons. The van der Waals surface area contributed by atoms with Crippen LogP contribution in [0.4, 0.5) is 0 Å². The second kappa shape index (κ2) is 7.55. The highest BCUT2D eigenvalue weighted by atomic mass is 15.1. The molecule has 2 heterocycles. The zero-order chi connectivity index (χ0) is 14.4. The number of hydrogen-bond donors (Lipinski definition) is 1. The largest absolute Gasteiger partial charge is 0.311 e.